The van der Waals surface area contributed by atoms with Crippen LogP contribution in [0.4, 0.5) is 5.69 Å². The zero-order valence-corrected chi connectivity index (χ0v) is 18.5. The van der Waals surface area contributed by atoms with Gasteiger partial charge in [-0.2, -0.15) is 0 Å². The maximum Gasteiger partial charge on any atom is 0.229 e. The van der Waals surface area contributed by atoms with Crippen LogP contribution in [0, 0.1) is 0 Å². The van der Waals surface area contributed by atoms with Gasteiger partial charge in [0.25, 0.3) is 0 Å². The van der Waals surface area contributed by atoms with Gasteiger partial charge in [0.2, 0.25) is 10.0 Å². The van der Waals surface area contributed by atoms with Crippen molar-refractivity contribution in [3.63, 3.8) is 0 Å². The first-order valence-corrected chi connectivity index (χ1v) is 12.6. The summed E-state index contributed by atoms with van der Waals surface area (Å²) in [4.78, 5) is 3.76. The first-order valence-electron chi connectivity index (χ1n) is 9.47. The average Bonchev–Trinajstić information content (AvgIpc) is 2.99. The number of nitrogens with one attached hydrogen (secondary N) is 1. The molecule has 0 radical (unpaired) electrons. The molecule has 1 aromatic carbocycles. The zero-order valence-electron chi connectivity index (χ0n) is 16.1. The van der Waals surface area contributed by atoms with Gasteiger partial charge in [-0.25, -0.2) is 8.42 Å². The van der Waals surface area contributed by atoms with Crippen LogP contribution in [0.3, 0.4) is 0 Å². The van der Waals surface area contributed by atoms with Crippen LogP contribution in [0.5, 0.6) is 0 Å². The van der Waals surface area contributed by atoms with E-state index in [0.717, 1.165) is 48.9 Å². The molecule has 0 bridgehead atoms. The summed E-state index contributed by atoms with van der Waals surface area (Å²) in [5.74, 6) is 0. The van der Waals surface area contributed by atoms with E-state index in [9.17, 15) is 8.42 Å². The number of ether oxygens (including phenoxy) is 1. The molecule has 28 heavy (non-hydrogen) atoms. The molecule has 1 fully saturated rings. The Morgan fingerprint density at radius 2 is 2.21 bits per heavy atom. The third-order valence-corrected chi connectivity index (χ3v) is 7.71. The molecule has 2 aliphatic heterocycles. The largest absolute Gasteiger partial charge is 0.369 e. The first-order chi connectivity index (χ1) is 13.2. The molecule has 1 N–H and O–H groups in total. The smallest absolute Gasteiger partial charge is 0.229 e. The van der Waals surface area contributed by atoms with Gasteiger partial charge in [0.1, 0.15) is 5.60 Å². The molecular formula is C20H25ClN2O3S2. The number of piperidine rings is 1. The number of hydrogen-bond donors (Lipinski definition) is 1. The van der Waals surface area contributed by atoms with E-state index < -0.39 is 10.0 Å². The predicted octanol–water partition coefficient (Wildman–Crippen LogP) is 4.23. The second kappa shape index (κ2) is 7.61. The van der Waals surface area contributed by atoms with Gasteiger partial charge in [-0.3, -0.25) is 9.62 Å². The molecule has 0 aliphatic carbocycles. The second-order valence-electron chi connectivity index (χ2n) is 7.85. The lowest BCUT2D eigenvalue weighted by Crippen LogP contribution is -2.49. The minimum atomic E-state index is -3.27. The van der Waals surface area contributed by atoms with Crippen LogP contribution < -0.4 is 4.72 Å². The lowest BCUT2D eigenvalue weighted by molar-refractivity contribution is -0.110. The van der Waals surface area contributed by atoms with Crippen molar-refractivity contribution >= 4 is 38.6 Å². The number of nitrogens with zero attached hydrogens (tertiary/aromatic N) is 1. The van der Waals surface area contributed by atoms with Crippen molar-refractivity contribution in [3.8, 4) is 0 Å². The zero-order chi connectivity index (χ0) is 19.9. The number of thiophene rings is 1. The summed E-state index contributed by atoms with van der Waals surface area (Å²) in [6, 6.07) is 10.1. The summed E-state index contributed by atoms with van der Waals surface area (Å²) in [6.45, 7) is 4.72. The fourth-order valence-electron chi connectivity index (χ4n) is 4.40. The van der Waals surface area contributed by atoms with Crippen molar-refractivity contribution in [3.05, 3.63) is 50.7 Å². The van der Waals surface area contributed by atoms with E-state index in [4.69, 9.17) is 16.3 Å². The molecule has 5 nitrogen and oxygen atoms in total. The molecule has 1 saturated heterocycles. The number of rotatable bonds is 4. The quantitative estimate of drug-likeness (QED) is 0.773. The Bertz CT molecular complexity index is 976. The van der Waals surface area contributed by atoms with Crippen molar-refractivity contribution in [1.82, 2.24) is 4.90 Å². The molecule has 1 aromatic heterocycles. The van der Waals surface area contributed by atoms with Crippen LogP contribution in [0.1, 0.15) is 35.8 Å². The van der Waals surface area contributed by atoms with Gasteiger partial charge in [-0.05, 0) is 55.5 Å². The maximum absolute atomic E-state index is 11.5. The minimum absolute atomic E-state index is 0.207. The SMILES string of the molecule is C[C@H]1C[C@@]2(CCN1Cc1cccc(NS(C)(=O)=O)c1)OCCc1cc(Cl)sc12. The second-order valence-corrected chi connectivity index (χ2v) is 11.3. The number of halogens is 1. The van der Waals surface area contributed by atoms with E-state index in [1.165, 1.54) is 16.7 Å². The van der Waals surface area contributed by atoms with Crippen molar-refractivity contribution in [1.29, 1.82) is 0 Å². The summed E-state index contributed by atoms with van der Waals surface area (Å²) < 4.78 is 32.7. The Kier molecular flexibility index (Phi) is 5.48. The predicted molar refractivity (Wildman–Crippen MR) is 115 cm³/mol. The van der Waals surface area contributed by atoms with E-state index in [2.05, 4.69) is 22.6 Å². The molecule has 152 valence electrons. The highest BCUT2D eigenvalue weighted by Gasteiger charge is 2.44. The highest BCUT2D eigenvalue weighted by Crippen LogP contribution is 2.48. The van der Waals surface area contributed by atoms with Gasteiger partial charge in [-0.15, -0.1) is 11.3 Å². The van der Waals surface area contributed by atoms with Crippen molar-refractivity contribution in [2.75, 3.05) is 24.1 Å². The van der Waals surface area contributed by atoms with Crippen LogP contribution in [-0.4, -0.2) is 38.8 Å². The van der Waals surface area contributed by atoms with Crippen LogP contribution in [0.2, 0.25) is 4.34 Å². The highest BCUT2D eigenvalue weighted by atomic mass is 35.5. The van der Waals surface area contributed by atoms with E-state index in [-0.39, 0.29) is 5.60 Å². The van der Waals surface area contributed by atoms with Crippen molar-refractivity contribution in [2.45, 2.75) is 44.4 Å². The normalized spacial score (nSPS) is 25.6. The molecule has 1 spiro atoms. The lowest BCUT2D eigenvalue weighted by atomic mass is 9.82. The number of fused-ring (bicyclic) bond motifs is 2. The number of sulfonamides is 1. The molecule has 0 unspecified atom stereocenters. The van der Waals surface area contributed by atoms with Gasteiger partial charge < -0.3 is 4.74 Å². The van der Waals surface area contributed by atoms with Gasteiger partial charge in [0.15, 0.2) is 0 Å². The van der Waals surface area contributed by atoms with Gasteiger partial charge in [0.05, 0.1) is 17.2 Å². The first kappa shape index (κ1) is 20.2. The molecule has 2 aromatic rings. The van der Waals surface area contributed by atoms with Crippen LogP contribution in [-0.2, 0) is 33.3 Å². The summed E-state index contributed by atoms with van der Waals surface area (Å²) in [7, 11) is -3.27. The molecule has 4 rings (SSSR count). The molecule has 2 atom stereocenters. The summed E-state index contributed by atoms with van der Waals surface area (Å²) in [5.41, 5.74) is 2.85. The number of benzene rings is 1. The van der Waals surface area contributed by atoms with Crippen LogP contribution in [0.15, 0.2) is 30.3 Å². The maximum atomic E-state index is 11.5. The fraction of sp³-hybridized carbons (Fsp3) is 0.500. The molecule has 0 saturated carbocycles. The Labute approximate surface area is 175 Å². The number of anilines is 1. The molecular weight excluding hydrogens is 416 g/mol. The van der Waals surface area contributed by atoms with Gasteiger partial charge in [0, 0.05) is 29.7 Å². The highest BCUT2D eigenvalue weighted by molar-refractivity contribution is 7.92. The minimum Gasteiger partial charge on any atom is -0.369 e. The van der Waals surface area contributed by atoms with E-state index >= 15 is 0 Å². The van der Waals surface area contributed by atoms with Crippen LogP contribution in [0.25, 0.3) is 0 Å². The van der Waals surface area contributed by atoms with Gasteiger partial charge >= 0.3 is 0 Å². The van der Waals surface area contributed by atoms with Crippen molar-refractivity contribution < 1.29 is 13.2 Å². The standard InChI is InChI=1S/C20H25ClN2O3S2/c1-14-12-20(19-16(6-9-26-20)11-18(21)27-19)7-8-23(14)13-15-4-3-5-17(10-15)22-28(2,24)25/h3-5,10-11,14,22H,6-9,12-13H2,1-2H3/t14-,20+/m0/s1. The van der Waals surface area contributed by atoms with E-state index in [1.807, 2.05) is 18.2 Å². The van der Waals surface area contributed by atoms with Gasteiger partial charge in [-0.1, -0.05) is 23.7 Å². The molecule has 2 aliphatic rings. The Morgan fingerprint density at radius 3 is 2.96 bits per heavy atom. The van der Waals surface area contributed by atoms with E-state index in [1.54, 1.807) is 17.4 Å². The summed E-state index contributed by atoms with van der Waals surface area (Å²) in [6.07, 6.45) is 4.00. The molecule has 3 heterocycles. The number of hydrogen-bond acceptors (Lipinski definition) is 5. The lowest BCUT2D eigenvalue weighted by Gasteiger charge is -2.47. The van der Waals surface area contributed by atoms with Crippen molar-refractivity contribution in [2.24, 2.45) is 0 Å². The average molecular weight is 441 g/mol. The monoisotopic (exact) mass is 440 g/mol. The van der Waals surface area contributed by atoms with Crippen LogP contribution >= 0.6 is 22.9 Å². The Hall–Kier alpha value is -1.12. The topological polar surface area (TPSA) is 58.6 Å². The third kappa shape index (κ3) is 4.24. The molecule has 8 heteroatoms. The molecule has 0 amide bonds. The Balaban J connectivity index is 1.48. The number of likely N-dealkylation sites (tertiary alicyclic amines) is 1. The fourth-order valence-corrected chi connectivity index (χ4v) is 6.43. The third-order valence-electron chi connectivity index (χ3n) is 5.61. The van der Waals surface area contributed by atoms with E-state index in [0.29, 0.717) is 11.7 Å². The Morgan fingerprint density at radius 1 is 1.39 bits per heavy atom. The summed E-state index contributed by atoms with van der Waals surface area (Å²) in [5, 5.41) is 0. The summed E-state index contributed by atoms with van der Waals surface area (Å²) >= 11 is 7.96.